The summed E-state index contributed by atoms with van der Waals surface area (Å²) in [5.74, 6) is 0.101. The molecule has 0 radical (unpaired) electrons. The van der Waals surface area contributed by atoms with Gasteiger partial charge in [-0.2, -0.15) is 0 Å². The standard InChI is InChI=1S/C16H20N2O/c1-4-14-11(2)16(18-12(14)3)15(19)10-17-13-8-6-5-7-9-13/h5-9,17-18H,4,10H2,1-3H3. The molecule has 19 heavy (non-hydrogen) atoms. The van der Waals surface area contributed by atoms with Crippen LogP contribution in [-0.2, 0) is 6.42 Å². The van der Waals surface area contributed by atoms with Crippen molar-refractivity contribution >= 4 is 11.5 Å². The zero-order valence-electron chi connectivity index (χ0n) is 11.7. The van der Waals surface area contributed by atoms with Crippen molar-refractivity contribution in [3.8, 4) is 0 Å². The van der Waals surface area contributed by atoms with Crippen LogP contribution in [0.25, 0.3) is 0 Å². The van der Waals surface area contributed by atoms with Gasteiger partial charge in [0, 0.05) is 11.4 Å². The van der Waals surface area contributed by atoms with E-state index in [1.807, 2.05) is 44.2 Å². The first-order chi connectivity index (χ1) is 9.13. The lowest BCUT2D eigenvalue weighted by Gasteiger charge is -2.05. The van der Waals surface area contributed by atoms with E-state index in [2.05, 4.69) is 17.2 Å². The number of aromatic amines is 1. The van der Waals surface area contributed by atoms with Gasteiger partial charge < -0.3 is 10.3 Å². The van der Waals surface area contributed by atoms with Gasteiger partial charge in [-0.15, -0.1) is 0 Å². The van der Waals surface area contributed by atoms with Crippen LogP contribution >= 0.6 is 0 Å². The average molecular weight is 256 g/mol. The van der Waals surface area contributed by atoms with Crippen molar-refractivity contribution in [2.24, 2.45) is 0 Å². The fourth-order valence-corrected chi connectivity index (χ4v) is 2.42. The van der Waals surface area contributed by atoms with E-state index in [0.29, 0.717) is 6.54 Å². The molecule has 0 saturated carbocycles. The Balaban J connectivity index is 2.08. The SMILES string of the molecule is CCc1c(C)[nH]c(C(=O)CNc2ccccc2)c1C. The van der Waals surface area contributed by atoms with Gasteiger partial charge in [-0.25, -0.2) is 0 Å². The lowest BCUT2D eigenvalue weighted by atomic mass is 10.1. The number of benzene rings is 1. The molecule has 2 aromatic rings. The summed E-state index contributed by atoms with van der Waals surface area (Å²) >= 11 is 0. The van der Waals surface area contributed by atoms with Gasteiger partial charge in [0.25, 0.3) is 0 Å². The summed E-state index contributed by atoms with van der Waals surface area (Å²) in [6.07, 6.45) is 0.952. The van der Waals surface area contributed by atoms with E-state index in [-0.39, 0.29) is 5.78 Å². The molecule has 0 spiro atoms. The van der Waals surface area contributed by atoms with E-state index < -0.39 is 0 Å². The normalized spacial score (nSPS) is 10.5. The number of ketones is 1. The minimum atomic E-state index is 0.101. The molecule has 3 heteroatoms. The maximum Gasteiger partial charge on any atom is 0.198 e. The first-order valence-electron chi connectivity index (χ1n) is 6.63. The Morgan fingerprint density at radius 3 is 2.47 bits per heavy atom. The molecule has 1 aromatic carbocycles. The number of rotatable bonds is 5. The molecule has 0 aliphatic heterocycles. The maximum absolute atomic E-state index is 12.2. The molecule has 100 valence electrons. The Labute approximate surface area is 114 Å². The van der Waals surface area contributed by atoms with E-state index in [0.717, 1.165) is 29.1 Å². The first kappa shape index (κ1) is 13.4. The summed E-state index contributed by atoms with van der Waals surface area (Å²) in [4.78, 5) is 15.4. The Bertz CT molecular complexity index is 570. The van der Waals surface area contributed by atoms with Crippen molar-refractivity contribution < 1.29 is 4.79 Å². The highest BCUT2D eigenvalue weighted by Gasteiger charge is 2.15. The van der Waals surface area contributed by atoms with Crippen molar-refractivity contribution in [3.63, 3.8) is 0 Å². The van der Waals surface area contributed by atoms with Crippen LogP contribution < -0.4 is 5.32 Å². The molecule has 0 saturated heterocycles. The number of aryl methyl sites for hydroxylation is 1. The average Bonchev–Trinajstić information content (AvgIpc) is 2.72. The lowest BCUT2D eigenvalue weighted by Crippen LogP contribution is -2.15. The maximum atomic E-state index is 12.2. The number of aromatic nitrogens is 1. The van der Waals surface area contributed by atoms with Crippen LogP contribution in [0.3, 0.4) is 0 Å². The molecule has 0 bridgehead atoms. The zero-order valence-corrected chi connectivity index (χ0v) is 11.7. The van der Waals surface area contributed by atoms with Gasteiger partial charge in [0.05, 0.1) is 12.2 Å². The monoisotopic (exact) mass is 256 g/mol. The topological polar surface area (TPSA) is 44.9 Å². The quantitative estimate of drug-likeness (QED) is 0.804. The summed E-state index contributed by atoms with van der Waals surface area (Å²) in [6.45, 7) is 6.46. The molecular weight excluding hydrogens is 236 g/mol. The fourth-order valence-electron chi connectivity index (χ4n) is 2.42. The molecule has 1 heterocycles. The number of hydrogen-bond donors (Lipinski definition) is 2. The molecule has 2 rings (SSSR count). The van der Waals surface area contributed by atoms with Crippen LogP contribution in [0, 0.1) is 13.8 Å². The summed E-state index contributed by atoms with van der Waals surface area (Å²) in [5.41, 5.74) is 5.14. The van der Waals surface area contributed by atoms with E-state index in [4.69, 9.17) is 0 Å². The molecular formula is C16H20N2O. The van der Waals surface area contributed by atoms with Crippen molar-refractivity contribution in [3.05, 3.63) is 52.8 Å². The molecule has 2 N–H and O–H groups in total. The fraction of sp³-hybridized carbons (Fsp3) is 0.312. The number of para-hydroxylation sites is 1. The zero-order chi connectivity index (χ0) is 13.8. The number of H-pyrrole nitrogens is 1. The predicted octanol–water partition coefficient (Wildman–Crippen LogP) is 3.49. The molecule has 0 aliphatic carbocycles. The Hall–Kier alpha value is -2.03. The van der Waals surface area contributed by atoms with E-state index in [1.165, 1.54) is 5.56 Å². The van der Waals surface area contributed by atoms with Crippen molar-refractivity contribution in [1.82, 2.24) is 4.98 Å². The number of Topliss-reactive ketones (excluding diaryl/α,β-unsaturated/α-hetero) is 1. The molecule has 1 aromatic heterocycles. The number of nitrogens with one attached hydrogen (secondary N) is 2. The Morgan fingerprint density at radius 2 is 1.89 bits per heavy atom. The van der Waals surface area contributed by atoms with Gasteiger partial charge >= 0.3 is 0 Å². The van der Waals surface area contributed by atoms with E-state index in [9.17, 15) is 4.79 Å². The number of anilines is 1. The largest absolute Gasteiger partial charge is 0.378 e. The van der Waals surface area contributed by atoms with Crippen LogP contribution in [0.2, 0.25) is 0 Å². The summed E-state index contributed by atoms with van der Waals surface area (Å²) in [7, 11) is 0. The molecule has 0 amide bonds. The number of carbonyl (C=O) groups excluding carboxylic acids is 1. The minimum Gasteiger partial charge on any atom is -0.378 e. The number of hydrogen-bond acceptors (Lipinski definition) is 2. The van der Waals surface area contributed by atoms with Gasteiger partial charge in [-0.3, -0.25) is 4.79 Å². The third kappa shape index (κ3) is 2.87. The summed E-state index contributed by atoms with van der Waals surface area (Å²) in [5, 5.41) is 3.15. The second kappa shape index (κ2) is 5.74. The van der Waals surface area contributed by atoms with Gasteiger partial charge in [0.1, 0.15) is 0 Å². The highest BCUT2D eigenvalue weighted by atomic mass is 16.1. The Morgan fingerprint density at radius 1 is 1.21 bits per heavy atom. The highest BCUT2D eigenvalue weighted by Crippen LogP contribution is 2.19. The van der Waals surface area contributed by atoms with Crippen molar-refractivity contribution in [2.75, 3.05) is 11.9 Å². The first-order valence-corrected chi connectivity index (χ1v) is 6.63. The third-order valence-corrected chi connectivity index (χ3v) is 3.45. The summed E-state index contributed by atoms with van der Waals surface area (Å²) < 4.78 is 0. The van der Waals surface area contributed by atoms with E-state index in [1.54, 1.807) is 0 Å². The number of carbonyl (C=O) groups is 1. The van der Waals surface area contributed by atoms with Crippen LogP contribution in [0.4, 0.5) is 5.69 Å². The molecule has 0 unspecified atom stereocenters. The van der Waals surface area contributed by atoms with Gasteiger partial charge in [-0.05, 0) is 43.5 Å². The highest BCUT2D eigenvalue weighted by molar-refractivity contribution is 5.99. The van der Waals surface area contributed by atoms with Crippen molar-refractivity contribution in [2.45, 2.75) is 27.2 Å². The van der Waals surface area contributed by atoms with E-state index >= 15 is 0 Å². The molecule has 0 atom stereocenters. The smallest absolute Gasteiger partial charge is 0.198 e. The van der Waals surface area contributed by atoms with Gasteiger partial charge in [-0.1, -0.05) is 25.1 Å². The molecule has 0 fully saturated rings. The minimum absolute atomic E-state index is 0.101. The van der Waals surface area contributed by atoms with Crippen LogP contribution in [0.15, 0.2) is 30.3 Å². The lowest BCUT2D eigenvalue weighted by molar-refractivity contribution is 0.100. The second-order valence-electron chi connectivity index (χ2n) is 4.72. The van der Waals surface area contributed by atoms with Gasteiger partial charge in [0.2, 0.25) is 0 Å². The van der Waals surface area contributed by atoms with Crippen LogP contribution in [0.1, 0.15) is 34.2 Å². The molecule has 0 aliphatic rings. The van der Waals surface area contributed by atoms with Crippen LogP contribution in [0.5, 0.6) is 0 Å². The summed E-state index contributed by atoms with van der Waals surface area (Å²) in [6, 6.07) is 9.77. The van der Waals surface area contributed by atoms with Gasteiger partial charge in [0.15, 0.2) is 5.78 Å². The second-order valence-corrected chi connectivity index (χ2v) is 4.72. The Kier molecular flexibility index (Phi) is 4.05. The third-order valence-electron chi connectivity index (χ3n) is 3.45. The molecule has 3 nitrogen and oxygen atoms in total. The van der Waals surface area contributed by atoms with Crippen LogP contribution in [-0.4, -0.2) is 17.3 Å². The predicted molar refractivity (Wildman–Crippen MR) is 78.9 cm³/mol. The van der Waals surface area contributed by atoms with Crippen molar-refractivity contribution in [1.29, 1.82) is 0 Å².